The number of carbonyl (C=O) groups is 2. The van der Waals surface area contributed by atoms with E-state index in [2.05, 4.69) is 20.2 Å². The minimum Gasteiger partial charge on any atom is -0.504 e. The lowest BCUT2D eigenvalue weighted by atomic mass is 9.97. The summed E-state index contributed by atoms with van der Waals surface area (Å²) in [7, 11) is 1.96. The van der Waals surface area contributed by atoms with Gasteiger partial charge in [0.1, 0.15) is 5.82 Å². The van der Waals surface area contributed by atoms with E-state index in [4.69, 9.17) is 9.15 Å². The summed E-state index contributed by atoms with van der Waals surface area (Å²) < 4.78 is 24.3. The van der Waals surface area contributed by atoms with Crippen LogP contribution in [0.4, 0.5) is 21.8 Å². The molecule has 1 saturated heterocycles. The molecule has 0 atom stereocenters. The Bertz CT molecular complexity index is 1370. The number of allylic oxidation sites excluding steroid dienone is 1. The number of nitrogens with one attached hydrogen (secondary N) is 1. The van der Waals surface area contributed by atoms with Crippen molar-refractivity contribution in [1.82, 2.24) is 9.88 Å². The van der Waals surface area contributed by atoms with Gasteiger partial charge in [-0.15, -0.1) is 0 Å². The first-order valence-corrected chi connectivity index (χ1v) is 11.4. The molecule has 9 nitrogen and oxygen atoms in total. The van der Waals surface area contributed by atoms with Crippen LogP contribution in [0.15, 0.2) is 52.0 Å². The molecule has 4 heterocycles. The molecule has 1 fully saturated rings. The van der Waals surface area contributed by atoms with Crippen molar-refractivity contribution in [3.8, 4) is 5.75 Å². The molecule has 1 aromatic carbocycles. The lowest BCUT2D eigenvalue weighted by Gasteiger charge is -2.27. The van der Waals surface area contributed by atoms with Crippen molar-refractivity contribution in [1.29, 1.82) is 0 Å². The summed E-state index contributed by atoms with van der Waals surface area (Å²) in [6.07, 6.45) is 5.84. The molecule has 3 aromatic rings. The maximum absolute atomic E-state index is 13.4. The third-order valence-electron chi connectivity index (χ3n) is 6.17. The summed E-state index contributed by atoms with van der Waals surface area (Å²) in [5, 5.41) is 13.8. The molecular weight excluding hydrogens is 467 g/mol. The van der Waals surface area contributed by atoms with Crippen molar-refractivity contribution in [2.45, 2.75) is 12.8 Å². The number of likely N-dealkylation sites (tertiary alicyclic amines) is 1. The highest BCUT2D eigenvalue weighted by Crippen LogP contribution is 2.39. The van der Waals surface area contributed by atoms with Gasteiger partial charge in [0.2, 0.25) is 5.88 Å². The van der Waals surface area contributed by atoms with Crippen LogP contribution in [0.5, 0.6) is 5.75 Å². The minimum atomic E-state index is -1.04. The van der Waals surface area contributed by atoms with Gasteiger partial charge >= 0.3 is 11.9 Å². The molecule has 0 saturated carbocycles. The number of carbonyl (C=O) groups excluding carboxylic acids is 2. The normalized spacial score (nSPS) is 16.8. The summed E-state index contributed by atoms with van der Waals surface area (Å²) in [6, 6.07) is 8.91. The Morgan fingerprint density at radius 1 is 1.22 bits per heavy atom. The van der Waals surface area contributed by atoms with Crippen molar-refractivity contribution in [3.63, 3.8) is 0 Å². The van der Waals surface area contributed by atoms with Crippen molar-refractivity contribution >= 4 is 47.2 Å². The fourth-order valence-corrected chi connectivity index (χ4v) is 4.13. The summed E-state index contributed by atoms with van der Waals surface area (Å²) >= 11 is 0. The molecule has 0 unspecified atom stereocenters. The van der Waals surface area contributed by atoms with Gasteiger partial charge in [0.15, 0.2) is 22.9 Å². The number of halogens is 1. The first-order chi connectivity index (χ1) is 17.4. The molecule has 0 aliphatic carbocycles. The van der Waals surface area contributed by atoms with E-state index < -0.39 is 29.4 Å². The second kappa shape index (κ2) is 9.74. The molecule has 184 valence electrons. The maximum atomic E-state index is 13.4. The average molecular weight is 490 g/mol. The summed E-state index contributed by atoms with van der Waals surface area (Å²) in [6.45, 7) is 1.44. The average Bonchev–Trinajstić information content (AvgIpc) is 3.41. The Kier molecular flexibility index (Phi) is 6.34. The molecule has 2 aliphatic rings. The predicted molar refractivity (Wildman–Crippen MR) is 131 cm³/mol. The Labute approximate surface area is 205 Å². The Balaban J connectivity index is 1.47. The Hall–Kier alpha value is -4.31. The molecule has 2 N–H and O–H groups in total. The molecule has 36 heavy (non-hydrogen) atoms. The predicted octanol–water partition coefficient (Wildman–Crippen LogP) is 4.54. The topological polar surface area (TPSA) is 117 Å². The standard InChI is InChI=1S/C26H23FN4O5/c1-31-11-8-15(9-12-31)25(33)36-26(34)21-22(32)20(13-16-14-29-23-19(16)3-2-10-28-23)35-24(21)30-18-6-4-17(27)5-7-18/h2-7,10,13-15,30,32H,8-9,11-12H2,1H3. The second-order valence-electron chi connectivity index (χ2n) is 8.67. The zero-order valence-electron chi connectivity index (χ0n) is 19.4. The second-order valence-corrected chi connectivity index (χ2v) is 8.67. The highest BCUT2D eigenvalue weighted by molar-refractivity contribution is 6.21. The number of furan rings is 1. The zero-order valence-corrected chi connectivity index (χ0v) is 19.4. The van der Waals surface area contributed by atoms with Crippen LogP contribution in [-0.2, 0) is 9.53 Å². The fourth-order valence-electron chi connectivity index (χ4n) is 4.13. The third-order valence-corrected chi connectivity index (χ3v) is 6.17. The number of piperidine rings is 1. The van der Waals surface area contributed by atoms with E-state index in [0.717, 1.165) is 18.7 Å². The van der Waals surface area contributed by atoms with Gasteiger partial charge < -0.3 is 24.5 Å². The maximum Gasteiger partial charge on any atom is 0.355 e. The van der Waals surface area contributed by atoms with Crippen molar-refractivity contribution < 1.29 is 28.2 Å². The monoisotopic (exact) mass is 490 g/mol. The summed E-state index contributed by atoms with van der Waals surface area (Å²) in [4.78, 5) is 36.2. The number of pyridine rings is 1. The number of aromatic nitrogens is 1. The highest BCUT2D eigenvalue weighted by Gasteiger charge is 2.32. The van der Waals surface area contributed by atoms with Crippen molar-refractivity contribution in [3.05, 3.63) is 65.3 Å². The number of aromatic hydroxyl groups is 1. The minimum absolute atomic E-state index is 0.0449. The van der Waals surface area contributed by atoms with E-state index in [-0.39, 0.29) is 17.2 Å². The lowest BCUT2D eigenvalue weighted by Crippen LogP contribution is -2.35. The molecule has 5 rings (SSSR count). The quantitative estimate of drug-likeness (QED) is 0.395. The van der Waals surface area contributed by atoms with E-state index in [9.17, 15) is 19.1 Å². The summed E-state index contributed by atoms with van der Waals surface area (Å²) in [5.74, 6) is -2.72. The molecule has 2 aliphatic heterocycles. The lowest BCUT2D eigenvalue weighted by molar-refractivity contribution is -0.144. The van der Waals surface area contributed by atoms with Gasteiger partial charge in [0.25, 0.3) is 0 Å². The van der Waals surface area contributed by atoms with Gasteiger partial charge in [-0.1, -0.05) is 0 Å². The van der Waals surface area contributed by atoms with E-state index >= 15 is 0 Å². The fraction of sp³-hybridized carbons (Fsp3) is 0.231. The number of rotatable bonds is 5. The van der Waals surface area contributed by atoms with E-state index in [0.29, 0.717) is 29.9 Å². The molecule has 2 aromatic heterocycles. The number of nitrogens with zero attached hydrogens (tertiary/aromatic N) is 3. The van der Waals surface area contributed by atoms with E-state index in [1.165, 1.54) is 30.3 Å². The van der Waals surface area contributed by atoms with Gasteiger partial charge in [-0.2, -0.15) is 0 Å². The smallest absolute Gasteiger partial charge is 0.355 e. The van der Waals surface area contributed by atoms with Crippen LogP contribution in [0.2, 0.25) is 0 Å². The molecule has 0 spiro atoms. The SMILES string of the molecule is CN1CCC(C(=O)OC(=O)c2c(Nc3ccc(F)cc3)oc(C=C3C=Nc4ncccc43)c2O)CC1. The number of benzene rings is 1. The zero-order chi connectivity index (χ0) is 25.2. The number of ether oxygens (including phenoxy) is 1. The molecule has 10 heteroatoms. The summed E-state index contributed by atoms with van der Waals surface area (Å²) in [5.41, 5.74) is 1.39. The molecule has 0 radical (unpaired) electrons. The van der Waals surface area contributed by atoms with Crippen molar-refractivity contribution in [2.75, 3.05) is 25.5 Å². The van der Waals surface area contributed by atoms with Crippen molar-refractivity contribution in [2.24, 2.45) is 10.9 Å². The third kappa shape index (κ3) is 4.76. The first-order valence-electron chi connectivity index (χ1n) is 11.4. The van der Waals surface area contributed by atoms with E-state index in [1.54, 1.807) is 18.5 Å². The van der Waals surface area contributed by atoms with Crippen LogP contribution in [0.25, 0.3) is 11.6 Å². The van der Waals surface area contributed by atoms with Gasteiger partial charge in [0.05, 0.1) is 5.92 Å². The molecule has 0 bridgehead atoms. The van der Waals surface area contributed by atoms with Crippen LogP contribution in [0.3, 0.4) is 0 Å². The van der Waals surface area contributed by atoms with Crippen LogP contribution >= 0.6 is 0 Å². The van der Waals surface area contributed by atoms with Crippen LogP contribution < -0.4 is 5.32 Å². The van der Waals surface area contributed by atoms with Gasteiger partial charge in [0, 0.05) is 29.2 Å². The first kappa shape index (κ1) is 23.4. The van der Waals surface area contributed by atoms with Crippen LogP contribution in [0.1, 0.15) is 34.5 Å². The number of hydrogen-bond acceptors (Lipinski definition) is 9. The van der Waals surface area contributed by atoms with Crippen LogP contribution in [-0.4, -0.2) is 53.3 Å². The largest absolute Gasteiger partial charge is 0.504 e. The van der Waals surface area contributed by atoms with Gasteiger partial charge in [-0.05, 0) is 75.5 Å². The number of aliphatic imine (C=N–C) groups is 1. The Morgan fingerprint density at radius 2 is 1.97 bits per heavy atom. The van der Waals surface area contributed by atoms with Crippen LogP contribution in [0, 0.1) is 11.7 Å². The molecular formula is C26H23FN4O5. The number of anilines is 2. The highest BCUT2D eigenvalue weighted by atomic mass is 19.1. The Morgan fingerprint density at radius 3 is 2.72 bits per heavy atom. The van der Waals surface area contributed by atoms with Gasteiger partial charge in [-0.25, -0.2) is 19.2 Å². The number of hydrogen-bond donors (Lipinski definition) is 2. The molecule has 0 amide bonds. The number of fused-ring (bicyclic) bond motifs is 1. The number of esters is 2. The van der Waals surface area contributed by atoms with Gasteiger partial charge in [-0.3, -0.25) is 4.79 Å². The van der Waals surface area contributed by atoms with E-state index in [1.807, 2.05) is 13.1 Å².